The Bertz CT molecular complexity index is 357. The summed E-state index contributed by atoms with van der Waals surface area (Å²) in [7, 11) is 0. The molecule has 0 bridgehead atoms. The summed E-state index contributed by atoms with van der Waals surface area (Å²) >= 11 is 0. The van der Waals surface area contributed by atoms with Crippen molar-refractivity contribution in [3.63, 3.8) is 0 Å². The molecule has 2 nitrogen and oxygen atoms in total. The van der Waals surface area contributed by atoms with E-state index in [1.807, 2.05) is 6.92 Å². The van der Waals surface area contributed by atoms with Crippen molar-refractivity contribution in [3.05, 3.63) is 11.8 Å². The third kappa shape index (κ3) is 6.54. The molecule has 0 radical (unpaired) electrons. The Labute approximate surface area is 138 Å². The van der Waals surface area contributed by atoms with E-state index in [0.29, 0.717) is 12.2 Å². The average molecular weight is 308 g/mol. The van der Waals surface area contributed by atoms with Gasteiger partial charge in [-0.3, -0.25) is 4.79 Å². The molecule has 0 saturated heterocycles. The van der Waals surface area contributed by atoms with E-state index in [4.69, 9.17) is 0 Å². The van der Waals surface area contributed by atoms with Gasteiger partial charge in [0.25, 0.3) is 0 Å². The number of Topliss-reactive ketones (excluding diaryl/α,β-unsaturated/α-hetero) is 1. The maximum Gasteiger partial charge on any atom is 0.160 e. The maximum absolute atomic E-state index is 12.1. The van der Waals surface area contributed by atoms with Gasteiger partial charge in [-0.25, -0.2) is 0 Å². The second-order valence-electron chi connectivity index (χ2n) is 7.46. The smallest absolute Gasteiger partial charge is 0.160 e. The van der Waals surface area contributed by atoms with Crippen LogP contribution < -0.4 is 0 Å². The second kappa shape index (κ2) is 10.1. The molecule has 0 atom stereocenters. The van der Waals surface area contributed by atoms with Crippen molar-refractivity contribution >= 4 is 5.78 Å². The first-order chi connectivity index (χ1) is 10.5. The third-order valence-corrected chi connectivity index (χ3v) is 4.99. The minimum Gasteiger partial charge on any atom is -0.377 e. The number of carbonyl (C=O) groups is 1. The number of ketones is 1. The number of nitrogens with zero attached hydrogens (tertiary/aromatic N) is 1. The zero-order valence-corrected chi connectivity index (χ0v) is 15.4. The number of rotatable bonds is 11. The van der Waals surface area contributed by atoms with Crippen LogP contribution >= 0.6 is 0 Å². The van der Waals surface area contributed by atoms with E-state index in [1.165, 1.54) is 51.4 Å². The van der Waals surface area contributed by atoms with Gasteiger partial charge in [0, 0.05) is 31.3 Å². The van der Waals surface area contributed by atoms with Crippen molar-refractivity contribution in [1.82, 2.24) is 4.90 Å². The maximum atomic E-state index is 12.1. The third-order valence-electron chi connectivity index (χ3n) is 4.99. The summed E-state index contributed by atoms with van der Waals surface area (Å²) in [5.74, 6) is 0.325. The molecule has 1 heterocycles. The molecule has 0 aromatic heterocycles. The molecule has 22 heavy (non-hydrogen) atoms. The van der Waals surface area contributed by atoms with E-state index in [-0.39, 0.29) is 5.41 Å². The van der Waals surface area contributed by atoms with Gasteiger partial charge in [0.15, 0.2) is 5.78 Å². The van der Waals surface area contributed by atoms with E-state index in [1.54, 1.807) is 0 Å². The van der Waals surface area contributed by atoms with Crippen molar-refractivity contribution in [2.75, 3.05) is 13.1 Å². The highest BCUT2D eigenvalue weighted by Gasteiger charge is 2.31. The molecule has 0 spiro atoms. The molecule has 0 N–H and O–H groups in total. The Hall–Kier alpha value is -0.790. The molecule has 2 heteroatoms. The first-order valence-corrected chi connectivity index (χ1v) is 9.50. The van der Waals surface area contributed by atoms with Crippen molar-refractivity contribution in [1.29, 1.82) is 0 Å². The number of hydrogen-bond acceptors (Lipinski definition) is 2. The van der Waals surface area contributed by atoms with E-state index >= 15 is 0 Å². The molecule has 0 saturated carbocycles. The van der Waals surface area contributed by atoms with Gasteiger partial charge in [0.05, 0.1) is 0 Å². The highest BCUT2D eigenvalue weighted by atomic mass is 16.1. The fraction of sp³-hybridized carbons (Fsp3) is 0.850. The van der Waals surface area contributed by atoms with E-state index in [9.17, 15) is 4.79 Å². The van der Waals surface area contributed by atoms with Crippen LogP contribution in [-0.4, -0.2) is 23.8 Å². The van der Waals surface area contributed by atoms with Crippen LogP contribution in [0.15, 0.2) is 11.8 Å². The molecule has 0 aromatic carbocycles. The van der Waals surface area contributed by atoms with Gasteiger partial charge in [-0.2, -0.15) is 0 Å². The monoisotopic (exact) mass is 307 g/mol. The Morgan fingerprint density at radius 2 is 1.64 bits per heavy atom. The largest absolute Gasteiger partial charge is 0.377 e. The Morgan fingerprint density at radius 1 is 1.05 bits per heavy atom. The van der Waals surface area contributed by atoms with Crippen LogP contribution in [0.5, 0.6) is 0 Å². The van der Waals surface area contributed by atoms with Crippen molar-refractivity contribution in [2.45, 2.75) is 91.9 Å². The fourth-order valence-electron chi connectivity index (χ4n) is 3.24. The van der Waals surface area contributed by atoms with Crippen LogP contribution in [0.2, 0.25) is 0 Å². The normalized spacial score (nSPS) is 17.5. The first kappa shape index (κ1) is 19.3. The zero-order chi connectivity index (χ0) is 16.4. The van der Waals surface area contributed by atoms with Crippen molar-refractivity contribution < 1.29 is 4.79 Å². The SMILES string of the molecule is CCCCCCCCCCN1C=C(C(=O)CC)C(C)(C)CC1. The summed E-state index contributed by atoms with van der Waals surface area (Å²) in [5.41, 5.74) is 1.10. The molecule has 0 fully saturated rings. The number of hydrogen-bond donors (Lipinski definition) is 0. The van der Waals surface area contributed by atoms with Gasteiger partial charge in [-0.1, -0.05) is 72.6 Å². The van der Waals surface area contributed by atoms with Crippen molar-refractivity contribution in [3.8, 4) is 0 Å². The molecule has 1 aliphatic rings. The lowest BCUT2D eigenvalue weighted by molar-refractivity contribution is -0.116. The lowest BCUT2D eigenvalue weighted by Crippen LogP contribution is -2.35. The van der Waals surface area contributed by atoms with Gasteiger partial charge >= 0.3 is 0 Å². The molecule has 1 aliphatic heterocycles. The molecular weight excluding hydrogens is 270 g/mol. The van der Waals surface area contributed by atoms with Gasteiger partial charge < -0.3 is 4.90 Å². The molecule has 0 aromatic rings. The minimum absolute atomic E-state index is 0.0584. The minimum atomic E-state index is 0.0584. The average Bonchev–Trinajstić information content (AvgIpc) is 2.50. The Kier molecular flexibility index (Phi) is 8.82. The lowest BCUT2D eigenvalue weighted by Gasteiger charge is -2.37. The molecule has 0 aliphatic carbocycles. The summed E-state index contributed by atoms with van der Waals surface area (Å²) in [4.78, 5) is 14.5. The highest BCUT2D eigenvalue weighted by Crippen LogP contribution is 2.35. The van der Waals surface area contributed by atoms with E-state index < -0.39 is 0 Å². The van der Waals surface area contributed by atoms with E-state index in [0.717, 1.165) is 25.1 Å². The summed E-state index contributed by atoms with van der Waals surface area (Å²) in [6.07, 6.45) is 14.8. The molecule has 0 amide bonds. The molecule has 128 valence electrons. The number of unbranched alkanes of at least 4 members (excludes halogenated alkanes) is 7. The highest BCUT2D eigenvalue weighted by molar-refractivity contribution is 5.96. The second-order valence-corrected chi connectivity index (χ2v) is 7.46. The van der Waals surface area contributed by atoms with Gasteiger partial charge in [0.2, 0.25) is 0 Å². The van der Waals surface area contributed by atoms with Crippen LogP contribution in [0.3, 0.4) is 0 Å². The molecule has 0 unspecified atom stereocenters. The molecular formula is C20H37NO. The first-order valence-electron chi connectivity index (χ1n) is 9.50. The van der Waals surface area contributed by atoms with Gasteiger partial charge in [-0.15, -0.1) is 0 Å². The van der Waals surface area contributed by atoms with Crippen LogP contribution in [0.25, 0.3) is 0 Å². The predicted octanol–water partition coefficient (Wildman–Crippen LogP) is 5.72. The topological polar surface area (TPSA) is 20.3 Å². The zero-order valence-electron chi connectivity index (χ0n) is 15.4. The standard InChI is InChI=1S/C20H37NO/c1-5-7-8-9-10-11-12-13-15-21-16-14-20(3,4)18(17-21)19(22)6-2/h17H,5-16H2,1-4H3. The van der Waals surface area contributed by atoms with E-state index in [2.05, 4.69) is 31.9 Å². The van der Waals surface area contributed by atoms with Crippen molar-refractivity contribution in [2.24, 2.45) is 5.41 Å². The molecule has 1 rings (SSSR count). The van der Waals surface area contributed by atoms with Crippen LogP contribution in [-0.2, 0) is 4.79 Å². The fourth-order valence-corrected chi connectivity index (χ4v) is 3.24. The van der Waals surface area contributed by atoms with Gasteiger partial charge in [0.1, 0.15) is 0 Å². The summed E-state index contributed by atoms with van der Waals surface area (Å²) in [5, 5.41) is 0. The Morgan fingerprint density at radius 3 is 2.23 bits per heavy atom. The van der Waals surface area contributed by atoms with Crippen LogP contribution in [0, 0.1) is 5.41 Å². The summed E-state index contributed by atoms with van der Waals surface area (Å²) in [6, 6.07) is 0. The Balaban J connectivity index is 2.27. The lowest BCUT2D eigenvalue weighted by atomic mass is 9.77. The van der Waals surface area contributed by atoms with Gasteiger partial charge in [-0.05, 0) is 18.3 Å². The summed E-state index contributed by atoms with van der Waals surface area (Å²) < 4.78 is 0. The quantitative estimate of drug-likeness (QED) is 0.455. The number of carbonyl (C=O) groups excluding carboxylic acids is 1. The predicted molar refractivity (Wildman–Crippen MR) is 96.0 cm³/mol. The van der Waals surface area contributed by atoms with Crippen LogP contribution in [0.1, 0.15) is 91.9 Å². The van der Waals surface area contributed by atoms with Crippen LogP contribution in [0.4, 0.5) is 0 Å². The number of allylic oxidation sites excluding steroid dienone is 1. The summed E-state index contributed by atoms with van der Waals surface area (Å²) in [6.45, 7) is 10.9.